The van der Waals surface area contributed by atoms with Gasteiger partial charge >= 0.3 is 5.97 Å². The summed E-state index contributed by atoms with van der Waals surface area (Å²) in [7, 11) is 1.65. The predicted molar refractivity (Wildman–Crippen MR) is 97.8 cm³/mol. The zero-order valence-corrected chi connectivity index (χ0v) is 15.4. The number of amides is 1. The van der Waals surface area contributed by atoms with Gasteiger partial charge in [-0.2, -0.15) is 0 Å². The number of carbonyl (C=O) groups excluding carboxylic acids is 1. The van der Waals surface area contributed by atoms with Crippen LogP contribution in [0.3, 0.4) is 0 Å². The molecule has 1 aromatic heterocycles. The van der Waals surface area contributed by atoms with Gasteiger partial charge < -0.3 is 14.6 Å². The molecule has 8 heteroatoms. The topological polar surface area (TPSA) is 89.0 Å². The van der Waals surface area contributed by atoms with E-state index in [1.807, 2.05) is 11.4 Å². The van der Waals surface area contributed by atoms with Crippen molar-refractivity contribution in [1.82, 2.24) is 4.98 Å². The van der Waals surface area contributed by atoms with E-state index < -0.39 is 12.0 Å². The van der Waals surface area contributed by atoms with E-state index in [-0.39, 0.29) is 12.5 Å². The van der Waals surface area contributed by atoms with Gasteiger partial charge in [-0.3, -0.25) is 9.69 Å². The zero-order valence-electron chi connectivity index (χ0n) is 14.6. The number of rotatable bonds is 7. The van der Waals surface area contributed by atoms with Gasteiger partial charge in [0.05, 0.1) is 23.0 Å². The molecule has 1 unspecified atom stereocenters. The molecule has 7 nitrogen and oxygen atoms in total. The van der Waals surface area contributed by atoms with Crippen molar-refractivity contribution in [3.05, 3.63) is 28.6 Å². The smallest absolute Gasteiger partial charge is 0.326 e. The highest BCUT2D eigenvalue weighted by molar-refractivity contribution is 7.09. The Morgan fingerprint density at radius 2 is 2.31 bits per heavy atom. The number of thiazole rings is 1. The molecule has 0 saturated carbocycles. The molecule has 1 atom stereocenters. The minimum absolute atomic E-state index is 0.159. The van der Waals surface area contributed by atoms with Gasteiger partial charge in [-0.05, 0) is 24.6 Å². The number of hydrogen-bond acceptors (Lipinski definition) is 6. The minimum atomic E-state index is -1.03. The Morgan fingerprint density at radius 3 is 3.00 bits per heavy atom. The summed E-state index contributed by atoms with van der Waals surface area (Å²) in [5.74, 6) is -0.888. The molecule has 1 aromatic carbocycles. The van der Waals surface area contributed by atoms with E-state index in [0.29, 0.717) is 24.5 Å². The van der Waals surface area contributed by atoms with Crippen LogP contribution in [0.4, 0.5) is 5.69 Å². The highest BCUT2D eigenvalue weighted by atomic mass is 32.1. The van der Waals surface area contributed by atoms with Crippen LogP contribution in [0.5, 0.6) is 5.75 Å². The summed E-state index contributed by atoms with van der Waals surface area (Å²) in [6, 6.07) is 4.47. The fourth-order valence-corrected chi connectivity index (χ4v) is 3.68. The number of aromatic nitrogens is 1. The average Bonchev–Trinajstić information content (AvgIpc) is 3.10. The van der Waals surface area contributed by atoms with Gasteiger partial charge in [-0.25, -0.2) is 9.78 Å². The van der Waals surface area contributed by atoms with Crippen molar-refractivity contribution in [3.8, 4) is 17.0 Å². The lowest BCUT2D eigenvalue weighted by Crippen LogP contribution is -2.49. The van der Waals surface area contributed by atoms with Gasteiger partial charge in [-0.15, -0.1) is 11.3 Å². The monoisotopic (exact) mass is 376 g/mol. The SMILES string of the molecule is CCC(C(=O)O)N1C(=O)COc2ccc(-c3csc(CCOC)n3)cc21. The molecule has 138 valence electrons. The number of nitrogens with zero attached hydrogens (tertiary/aromatic N) is 2. The molecule has 0 spiro atoms. The second kappa shape index (κ2) is 7.84. The molecule has 3 rings (SSSR count). The molecule has 0 fully saturated rings. The summed E-state index contributed by atoms with van der Waals surface area (Å²) >= 11 is 1.54. The van der Waals surface area contributed by atoms with Gasteiger partial charge in [0, 0.05) is 24.5 Å². The Hall–Kier alpha value is -2.45. The number of fused-ring (bicyclic) bond motifs is 1. The molecule has 26 heavy (non-hydrogen) atoms. The maximum atomic E-state index is 12.3. The van der Waals surface area contributed by atoms with Gasteiger partial charge in [0.1, 0.15) is 11.8 Å². The van der Waals surface area contributed by atoms with Crippen molar-refractivity contribution in [2.45, 2.75) is 25.8 Å². The van der Waals surface area contributed by atoms with Crippen LogP contribution in [0.15, 0.2) is 23.6 Å². The molecule has 0 saturated heterocycles. The number of carboxylic acid groups (broad SMARTS) is 1. The number of methoxy groups -OCH3 is 1. The van der Waals surface area contributed by atoms with E-state index in [4.69, 9.17) is 9.47 Å². The number of ether oxygens (including phenoxy) is 2. The standard InChI is InChI=1S/C18H20N2O5S/c1-3-13(18(22)23)20-14-8-11(4-5-15(14)25-9-17(20)21)12-10-26-16(19-12)6-7-24-2/h4-5,8,10,13H,3,6-7,9H2,1-2H3,(H,22,23). The van der Waals surface area contributed by atoms with Crippen LogP contribution in [-0.2, 0) is 20.7 Å². The lowest BCUT2D eigenvalue weighted by atomic mass is 10.1. The highest BCUT2D eigenvalue weighted by Crippen LogP contribution is 2.37. The first-order valence-corrected chi connectivity index (χ1v) is 9.18. The van der Waals surface area contributed by atoms with E-state index in [1.54, 1.807) is 37.5 Å². The van der Waals surface area contributed by atoms with Gasteiger partial charge in [-0.1, -0.05) is 6.92 Å². The average molecular weight is 376 g/mol. The van der Waals surface area contributed by atoms with Crippen LogP contribution >= 0.6 is 11.3 Å². The first-order chi connectivity index (χ1) is 12.5. The van der Waals surface area contributed by atoms with Crippen LogP contribution in [-0.4, -0.2) is 48.3 Å². The van der Waals surface area contributed by atoms with E-state index >= 15 is 0 Å². The molecule has 0 radical (unpaired) electrons. The van der Waals surface area contributed by atoms with Crippen molar-refractivity contribution < 1.29 is 24.2 Å². The second-order valence-electron chi connectivity index (χ2n) is 5.87. The molecule has 2 aromatic rings. The van der Waals surface area contributed by atoms with E-state index in [9.17, 15) is 14.7 Å². The molecular formula is C18H20N2O5S. The summed E-state index contributed by atoms with van der Waals surface area (Å²) < 4.78 is 10.5. The van der Waals surface area contributed by atoms with Gasteiger partial charge in [0.2, 0.25) is 0 Å². The van der Waals surface area contributed by atoms with E-state index in [1.165, 1.54) is 4.90 Å². The molecule has 1 amide bonds. The van der Waals surface area contributed by atoms with Crippen molar-refractivity contribution in [1.29, 1.82) is 0 Å². The summed E-state index contributed by atoms with van der Waals surface area (Å²) in [6.45, 7) is 2.19. The normalized spacial score (nSPS) is 14.7. The first-order valence-electron chi connectivity index (χ1n) is 8.30. The van der Waals surface area contributed by atoms with Crippen LogP contribution in [0.25, 0.3) is 11.3 Å². The van der Waals surface area contributed by atoms with Crippen LogP contribution in [0, 0.1) is 0 Å². The minimum Gasteiger partial charge on any atom is -0.482 e. The van der Waals surface area contributed by atoms with Crippen molar-refractivity contribution in [3.63, 3.8) is 0 Å². The predicted octanol–water partition coefficient (Wildman–Crippen LogP) is 2.59. The Kier molecular flexibility index (Phi) is 5.53. The van der Waals surface area contributed by atoms with Gasteiger partial charge in [0.15, 0.2) is 6.61 Å². The van der Waals surface area contributed by atoms with Crippen molar-refractivity contribution in [2.24, 2.45) is 0 Å². The molecule has 0 aliphatic carbocycles. The van der Waals surface area contributed by atoms with Crippen molar-refractivity contribution in [2.75, 3.05) is 25.2 Å². The van der Waals surface area contributed by atoms with Crippen molar-refractivity contribution >= 4 is 28.9 Å². The second-order valence-corrected chi connectivity index (χ2v) is 6.81. The number of carbonyl (C=O) groups is 2. The summed E-state index contributed by atoms with van der Waals surface area (Å²) in [6.07, 6.45) is 1.04. The lowest BCUT2D eigenvalue weighted by Gasteiger charge is -2.33. The Labute approximate surface area is 155 Å². The fraction of sp³-hybridized carbons (Fsp3) is 0.389. The number of benzene rings is 1. The molecule has 2 heterocycles. The number of aliphatic carboxylic acids is 1. The maximum absolute atomic E-state index is 12.3. The quantitative estimate of drug-likeness (QED) is 0.799. The van der Waals surface area contributed by atoms with Crippen LogP contribution < -0.4 is 9.64 Å². The van der Waals surface area contributed by atoms with Crippen LogP contribution in [0.2, 0.25) is 0 Å². The fourth-order valence-electron chi connectivity index (χ4n) is 2.89. The van der Waals surface area contributed by atoms with Crippen LogP contribution in [0.1, 0.15) is 18.4 Å². The number of hydrogen-bond donors (Lipinski definition) is 1. The molecule has 0 bridgehead atoms. The van der Waals surface area contributed by atoms with Gasteiger partial charge in [0.25, 0.3) is 5.91 Å². The molecular weight excluding hydrogens is 356 g/mol. The largest absolute Gasteiger partial charge is 0.482 e. The Morgan fingerprint density at radius 1 is 1.50 bits per heavy atom. The third kappa shape index (κ3) is 3.56. The highest BCUT2D eigenvalue weighted by Gasteiger charge is 2.35. The third-order valence-electron chi connectivity index (χ3n) is 4.19. The molecule has 1 N–H and O–H groups in total. The number of anilines is 1. The van der Waals surface area contributed by atoms with E-state index in [0.717, 1.165) is 22.7 Å². The third-order valence-corrected chi connectivity index (χ3v) is 5.10. The zero-order chi connectivity index (χ0) is 18.7. The van der Waals surface area contributed by atoms with E-state index in [2.05, 4.69) is 4.98 Å². The Balaban J connectivity index is 1.97. The molecule has 1 aliphatic rings. The summed E-state index contributed by atoms with van der Waals surface area (Å²) in [4.78, 5) is 29.8. The lowest BCUT2D eigenvalue weighted by molar-refractivity contribution is -0.140. The number of carboxylic acids is 1. The summed E-state index contributed by atoms with van der Waals surface area (Å²) in [5, 5.41) is 12.4. The Bertz CT molecular complexity index is 820. The maximum Gasteiger partial charge on any atom is 0.326 e. The molecule has 1 aliphatic heterocycles. The first kappa shape index (κ1) is 18.3. The summed E-state index contributed by atoms with van der Waals surface area (Å²) in [5.41, 5.74) is 2.07.